The molecule has 1 N–H and O–H groups in total. The molecule has 1 aromatic carbocycles. The fraction of sp³-hybridized carbons (Fsp3) is 0.600. The number of amides is 2. The minimum Gasteiger partial charge on any atom is -0.342 e. The number of benzene rings is 1. The molecule has 24 heavy (non-hydrogen) atoms. The second-order valence-corrected chi connectivity index (χ2v) is 7.56. The molecule has 1 heterocycles. The fourth-order valence-corrected chi connectivity index (χ4v) is 3.00. The van der Waals surface area contributed by atoms with E-state index in [4.69, 9.17) is 0 Å². The molecule has 0 saturated carbocycles. The van der Waals surface area contributed by atoms with E-state index >= 15 is 0 Å². The van der Waals surface area contributed by atoms with Gasteiger partial charge in [-0.05, 0) is 50.3 Å². The van der Waals surface area contributed by atoms with Gasteiger partial charge in [0.25, 0.3) is 0 Å². The lowest BCUT2D eigenvalue weighted by Gasteiger charge is -2.30. The molecule has 1 fully saturated rings. The summed E-state index contributed by atoms with van der Waals surface area (Å²) in [7, 11) is 0. The molecule has 4 heteroatoms. The maximum atomic E-state index is 12.8. The van der Waals surface area contributed by atoms with E-state index in [0.717, 1.165) is 31.6 Å². The van der Waals surface area contributed by atoms with Gasteiger partial charge in [-0.1, -0.05) is 38.8 Å². The summed E-state index contributed by atoms with van der Waals surface area (Å²) >= 11 is 0. The highest BCUT2D eigenvalue weighted by molar-refractivity contribution is 6.09. The van der Waals surface area contributed by atoms with Crippen LogP contribution in [0.25, 0.3) is 0 Å². The van der Waals surface area contributed by atoms with Gasteiger partial charge in [-0.15, -0.1) is 0 Å². The van der Waals surface area contributed by atoms with Crippen LogP contribution in [0.4, 0.5) is 5.69 Å². The first-order chi connectivity index (χ1) is 11.3. The SMILES string of the molecule is CC(C)c1ccc(NC(=O)C(C)(C)C(=O)N2CCCCCC2)cc1. The van der Waals surface area contributed by atoms with E-state index in [2.05, 4.69) is 19.2 Å². The van der Waals surface area contributed by atoms with Crippen LogP contribution in [0.1, 0.15) is 64.9 Å². The first-order valence-electron chi connectivity index (χ1n) is 9.03. The quantitative estimate of drug-likeness (QED) is 0.842. The molecule has 0 bridgehead atoms. The molecule has 0 atom stereocenters. The number of anilines is 1. The summed E-state index contributed by atoms with van der Waals surface area (Å²) < 4.78 is 0. The highest BCUT2D eigenvalue weighted by Gasteiger charge is 2.39. The van der Waals surface area contributed by atoms with Crippen molar-refractivity contribution in [3.05, 3.63) is 29.8 Å². The second kappa shape index (κ2) is 7.82. The van der Waals surface area contributed by atoms with Crippen molar-refractivity contribution in [2.75, 3.05) is 18.4 Å². The zero-order chi connectivity index (χ0) is 17.7. The van der Waals surface area contributed by atoms with Gasteiger partial charge in [0.05, 0.1) is 0 Å². The zero-order valence-electron chi connectivity index (χ0n) is 15.4. The van der Waals surface area contributed by atoms with Crippen molar-refractivity contribution in [2.45, 2.75) is 59.3 Å². The maximum absolute atomic E-state index is 12.8. The molecular formula is C20H30N2O2. The average molecular weight is 330 g/mol. The predicted molar refractivity (Wildman–Crippen MR) is 98.0 cm³/mol. The summed E-state index contributed by atoms with van der Waals surface area (Å²) in [5.41, 5.74) is 0.912. The standard InChI is InChI=1S/C20H30N2O2/c1-15(2)16-9-11-17(12-10-16)21-18(23)20(3,4)19(24)22-13-7-5-6-8-14-22/h9-12,15H,5-8,13-14H2,1-4H3,(H,21,23). The van der Waals surface area contributed by atoms with Crippen LogP contribution in [0.15, 0.2) is 24.3 Å². The van der Waals surface area contributed by atoms with Gasteiger partial charge in [0.1, 0.15) is 5.41 Å². The second-order valence-electron chi connectivity index (χ2n) is 7.56. The molecule has 1 saturated heterocycles. The molecule has 0 spiro atoms. The largest absolute Gasteiger partial charge is 0.342 e. The molecular weight excluding hydrogens is 300 g/mol. The van der Waals surface area contributed by atoms with Crippen LogP contribution >= 0.6 is 0 Å². The molecule has 2 rings (SSSR count). The van der Waals surface area contributed by atoms with Gasteiger partial charge in [-0.2, -0.15) is 0 Å². The Kier molecular flexibility index (Phi) is 6.03. The van der Waals surface area contributed by atoms with Crippen LogP contribution in [0, 0.1) is 5.41 Å². The van der Waals surface area contributed by atoms with Crippen LogP contribution in [-0.2, 0) is 9.59 Å². The lowest BCUT2D eigenvalue weighted by Crippen LogP contribution is -2.47. The third-order valence-electron chi connectivity index (χ3n) is 4.83. The molecule has 0 radical (unpaired) electrons. The Bertz CT molecular complexity index is 568. The number of hydrogen-bond donors (Lipinski definition) is 1. The van der Waals surface area contributed by atoms with E-state index in [0.29, 0.717) is 5.92 Å². The van der Waals surface area contributed by atoms with E-state index in [-0.39, 0.29) is 11.8 Å². The molecule has 1 aliphatic rings. The number of nitrogens with one attached hydrogen (secondary N) is 1. The first-order valence-corrected chi connectivity index (χ1v) is 9.03. The molecule has 1 aliphatic heterocycles. The van der Waals surface area contributed by atoms with Gasteiger partial charge < -0.3 is 10.2 Å². The number of nitrogens with zero attached hydrogens (tertiary/aromatic N) is 1. The molecule has 0 aromatic heterocycles. The van der Waals surface area contributed by atoms with Crippen LogP contribution in [0.5, 0.6) is 0 Å². The topological polar surface area (TPSA) is 49.4 Å². The summed E-state index contributed by atoms with van der Waals surface area (Å²) in [5, 5.41) is 2.90. The Morgan fingerprint density at radius 1 is 1.00 bits per heavy atom. The first kappa shape index (κ1) is 18.5. The van der Waals surface area contributed by atoms with Crippen LogP contribution < -0.4 is 5.32 Å². The van der Waals surface area contributed by atoms with Gasteiger partial charge in [0.15, 0.2) is 0 Å². The molecule has 2 amide bonds. The molecule has 0 aliphatic carbocycles. The van der Waals surface area contributed by atoms with Crippen molar-refractivity contribution in [3.8, 4) is 0 Å². The zero-order valence-corrected chi connectivity index (χ0v) is 15.4. The molecule has 132 valence electrons. The highest BCUT2D eigenvalue weighted by Crippen LogP contribution is 2.25. The van der Waals surface area contributed by atoms with Crippen LogP contribution in [0.3, 0.4) is 0 Å². The Balaban J connectivity index is 2.04. The Morgan fingerprint density at radius 3 is 2.04 bits per heavy atom. The van der Waals surface area contributed by atoms with Crippen LogP contribution in [-0.4, -0.2) is 29.8 Å². The van der Waals surface area contributed by atoms with Crippen molar-refractivity contribution in [1.82, 2.24) is 4.90 Å². The monoisotopic (exact) mass is 330 g/mol. The number of carbonyl (C=O) groups is 2. The summed E-state index contributed by atoms with van der Waals surface area (Å²) in [5.74, 6) is 0.144. The van der Waals surface area contributed by atoms with E-state index < -0.39 is 5.41 Å². The third-order valence-corrected chi connectivity index (χ3v) is 4.83. The van der Waals surface area contributed by atoms with E-state index in [9.17, 15) is 9.59 Å². The van der Waals surface area contributed by atoms with Gasteiger partial charge in [0.2, 0.25) is 11.8 Å². The smallest absolute Gasteiger partial charge is 0.239 e. The van der Waals surface area contributed by atoms with E-state index in [1.165, 1.54) is 18.4 Å². The van der Waals surface area contributed by atoms with Crippen LogP contribution in [0.2, 0.25) is 0 Å². The van der Waals surface area contributed by atoms with Crippen molar-refractivity contribution >= 4 is 17.5 Å². The number of hydrogen-bond acceptors (Lipinski definition) is 2. The summed E-state index contributed by atoms with van der Waals surface area (Å²) in [6.45, 7) is 9.24. The number of carbonyl (C=O) groups excluding carboxylic acids is 2. The Morgan fingerprint density at radius 2 is 1.54 bits per heavy atom. The number of rotatable bonds is 4. The Hall–Kier alpha value is -1.84. The highest BCUT2D eigenvalue weighted by atomic mass is 16.2. The van der Waals surface area contributed by atoms with E-state index in [1.807, 2.05) is 29.2 Å². The fourth-order valence-electron chi connectivity index (χ4n) is 3.00. The minimum atomic E-state index is -1.05. The molecule has 4 nitrogen and oxygen atoms in total. The average Bonchev–Trinajstić information content (AvgIpc) is 2.83. The van der Waals surface area contributed by atoms with Gasteiger partial charge in [0, 0.05) is 18.8 Å². The van der Waals surface area contributed by atoms with E-state index in [1.54, 1.807) is 13.8 Å². The molecule has 0 unspecified atom stereocenters. The number of likely N-dealkylation sites (tertiary alicyclic amines) is 1. The van der Waals surface area contributed by atoms with Crippen molar-refractivity contribution < 1.29 is 9.59 Å². The van der Waals surface area contributed by atoms with Crippen molar-refractivity contribution in [3.63, 3.8) is 0 Å². The Labute approximate surface area is 145 Å². The lowest BCUT2D eigenvalue weighted by atomic mass is 9.90. The van der Waals surface area contributed by atoms with Gasteiger partial charge >= 0.3 is 0 Å². The van der Waals surface area contributed by atoms with Crippen molar-refractivity contribution in [1.29, 1.82) is 0 Å². The third kappa shape index (κ3) is 4.37. The summed E-state index contributed by atoms with van der Waals surface area (Å²) in [6, 6.07) is 7.84. The predicted octanol–water partition coefficient (Wildman–Crippen LogP) is 4.18. The molecule has 1 aromatic rings. The summed E-state index contributed by atoms with van der Waals surface area (Å²) in [6.07, 6.45) is 4.39. The summed E-state index contributed by atoms with van der Waals surface area (Å²) in [4.78, 5) is 27.3. The van der Waals surface area contributed by atoms with Crippen molar-refractivity contribution in [2.24, 2.45) is 5.41 Å². The van der Waals surface area contributed by atoms with Gasteiger partial charge in [-0.25, -0.2) is 0 Å². The van der Waals surface area contributed by atoms with Gasteiger partial charge in [-0.3, -0.25) is 9.59 Å². The lowest BCUT2D eigenvalue weighted by molar-refractivity contribution is -0.146. The maximum Gasteiger partial charge on any atom is 0.239 e. The normalized spacial score (nSPS) is 16.0. The minimum absolute atomic E-state index is 0.0688.